The van der Waals surface area contributed by atoms with Gasteiger partial charge in [-0.15, -0.1) is 0 Å². The second-order valence-corrected chi connectivity index (χ2v) is 0. The Morgan fingerprint density at radius 2 is 0.800 bits per heavy atom. The molecular formula is O2SiTiZn+6. The van der Waals surface area contributed by atoms with Gasteiger partial charge in [0.05, 0.1) is 0 Å². The smallest absolute Gasteiger partial charge is 2.00 e. The van der Waals surface area contributed by atoms with Gasteiger partial charge in [0.1, 0.15) is 0 Å². The average molecular weight is 173 g/mol. The fourth-order valence-electron chi connectivity index (χ4n) is 0. The molecule has 0 N–H and O–H groups in total. The maximum Gasteiger partial charge on any atom is 4.00 e. The molecule has 16 valence electrons. The summed E-state index contributed by atoms with van der Waals surface area (Å²) in [6.45, 7) is 0. The molecular weight excluding hydrogens is 173 g/mol. The van der Waals surface area contributed by atoms with Crippen LogP contribution < -0.4 is 0 Å². The van der Waals surface area contributed by atoms with E-state index in [9.17, 15) is 0 Å². The predicted molar refractivity (Wildman–Crippen MR) is 7.13 cm³/mol. The summed E-state index contributed by atoms with van der Waals surface area (Å²) in [4.78, 5) is 0. The second-order valence-electron chi connectivity index (χ2n) is 0. The van der Waals surface area contributed by atoms with E-state index in [1.165, 1.54) is 0 Å². The van der Waals surface area contributed by atoms with E-state index in [1.807, 2.05) is 0 Å². The molecule has 0 spiro atoms. The molecule has 0 aromatic carbocycles. The Morgan fingerprint density at radius 3 is 0.800 bits per heavy atom. The Hall–Kier alpha value is 1.47. The number of hydrogen-bond acceptors (Lipinski definition) is 0. The third-order valence-electron chi connectivity index (χ3n) is 0. The Kier molecular flexibility index (Phi) is 900. The van der Waals surface area contributed by atoms with Gasteiger partial charge in [-0.3, -0.25) is 0 Å². The molecule has 0 atom stereocenters. The van der Waals surface area contributed by atoms with Crippen molar-refractivity contribution in [3.8, 4) is 0 Å². The average Bonchev–Trinajstić information content (AvgIpc) is 0. The minimum atomic E-state index is 0. The summed E-state index contributed by atoms with van der Waals surface area (Å²) < 4.78 is 0. The van der Waals surface area contributed by atoms with Crippen molar-refractivity contribution in [2.45, 2.75) is 0 Å². The Labute approximate surface area is 63.0 Å². The number of rotatable bonds is 0. The van der Waals surface area contributed by atoms with Gasteiger partial charge in [-0.1, -0.05) is 0 Å². The molecule has 0 aromatic heterocycles. The molecule has 0 aromatic rings. The van der Waals surface area contributed by atoms with E-state index in [2.05, 4.69) is 0 Å². The molecule has 0 aliphatic rings. The van der Waals surface area contributed by atoms with Gasteiger partial charge >= 0.3 is 52.2 Å². The minimum Gasteiger partial charge on any atom is -2.00 e. The zero-order valence-corrected chi connectivity index (χ0v) is 8.05. The topological polar surface area (TPSA) is 57.0 Å². The molecule has 0 aliphatic heterocycles. The molecule has 2 nitrogen and oxygen atoms in total. The fraction of sp³-hybridized carbons (Fsp3) is 0. The second kappa shape index (κ2) is 50.4. The van der Waals surface area contributed by atoms with Gasteiger partial charge in [0, 0.05) is 0 Å². The SMILES string of the molecule is [O-2].[O-2].[Si+4].[Ti+4].[Zn+2]. The van der Waals surface area contributed by atoms with E-state index < -0.39 is 0 Å². The van der Waals surface area contributed by atoms with Crippen molar-refractivity contribution in [1.29, 1.82) is 0 Å². The van der Waals surface area contributed by atoms with E-state index in [0.29, 0.717) is 0 Å². The molecule has 0 aliphatic carbocycles. The molecule has 0 radical (unpaired) electrons. The van der Waals surface area contributed by atoms with E-state index in [4.69, 9.17) is 0 Å². The third-order valence-corrected chi connectivity index (χ3v) is 0. The largest absolute Gasteiger partial charge is 4.00 e. The zero-order chi connectivity index (χ0) is 0. The first-order chi connectivity index (χ1) is 0. The molecule has 5 heteroatoms. The normalized spacial score (nSPS) is 0. The van der Waals surface area contributed by atoms with Gasteiger partial charge in [-0.05, 0) is 0 Å². The van der Waals surface area contributed by atoms with Gasteiger partial charge in [-0.25, -0.2) is 0 Å². The van der Waals surface area contributed by atoms with Crippen molar-refractivity contribution in [3.63, 3.8) is 0 Å². The first-order valence-electron chi connectivity index (χ1n) is 0. The van der Waals surface area contributed by atoms with Crippen molar-refractivity contribution in [1.82, 2.24) is 0 Å². The fourth-order valence-corrected chi connectivity index (χ4v) is 0. The van der Waals surface area contributed by atoms with Crippen molar-refractivity contribution in [2.75, 3.05) is 0 Å². The van der Waals surface area contributed by atoms with Crippen LogP contribution in [0.4, 0.5) is 0 Å². The number of hydrogen-bond donors (Lipinski definition) is 0. The summed E-state index contributed by atoms with van der Waals surface area (Å²) in [5.74, 6) is 0. The van der Waals surface area contributed by atoms with Crippen LogP contribution in [-0.2, 0) is 52.1 Å². The maximum absolute atomic E-state index is 0. The van der Waals surface area contributed by atoms with Crippen LogP contribution in [0, 0.1) is 0 Å². The Balaban J connectivity index is 0. The van der Waals surface area contributed by atoms with Gasteiger partial charge < -0.3 is 11.0 Å². The van der Waals surface area contributed by atoms with Crippen LogP contribution in [-0.4, -0.2) is 11.0 Å². The summed E-state index contributed by atoms with van der Waals surface area (Å²) in [6, 6.07) is 0. The Morgan fingerprint density at radius 1 is 0.800 bits per heavy atom. The predicted octanol–water partition coefficient (Wildman–Crippen LogP) is -0.623. The van der Waals surface area contributed by atoms with Gasteiger partial charge in [0.15, 0.2) is 0 Å². The van der Waals surface area contributed by atoms with Crippen molar-refractivity contribution < 1.29 is 52.1 Å². The quantitative estimate of drug-likeness (QED) is 0.438. The van der Waals surface area contributed by atoms with Crippen LogP contribution in [0.1, 0.15) is 0 Å². The minimum absolute atomic E-state index is 0. The monoisotopic (exact) mass is 172 g/mol. The van der Waals surface area contributed by atoms with Crippen molar-refractivity contribution in [3.05, 3.63) is 0 Å². The molecule has 0 heterocycles. The van der Waals surface area contributed by atoms with Gasteiger partial charge in [0.25, 0.3) is 0 Å². The standard InChI is InChI=1S/2O.Si.Ti.Zn/q2*-2;2*+4;+2. The molecule has 5 heavy (non-hydrogen) atoms. The molecule has 0 amide bonds. The van der Waals surface area contributed by atoms with Crippen LogP contribution in [0.2, 0.25) is 0 Å². The van der Waals surface area contributed by atoms with Crippen molar-refractivity contribution >= 4 is 11.0 Å². The third kappa shape index (κ3) is 30.4. The first-order valence-corrected chi connectivity index (χ1v) is 0. The molecule has 0 rings (SSSR count). The van der Waals surface area contributed by atoms with Crippen LogP contribution >= 0.6 is 0 Å². The Bertz CT molecular complexity index is 9.61. The summed E-state index contributed by atoms with van der Waals surface area (Å²) in [6.07, 6.45) is 0. The zero-order valence-electron chi connectivity index (χ0n) is 2.52. The van der Waals surface area contributed by atoms with E-state index in [0.717, 1.165) is 0 Å². The van der Waals surface area contributed by atoms with Crippen LogP contribution in [0.25, 0.3) is 0 Å². The summed E-state index contributed by atoms with van der Waals surface area (Å²) >= 11 is 0. The van der Waals surface area contributed by atoms with Crippen LogP contribution in [0.15, 0.2) is 0 Å². The maximum atomic E-state index is 0. The van der Waals surface area contributed by atoms with E-state index in [1.54, 1.807) is 0 Å². The van der Waals surface area contributed by atoms with Crippen LogP contribution in [0.3, 0.4) is 0 Å². The van der Waals surface area contributed by atoms with Crippen molar-refractivity contribution in [2.24, 2.45) is 0 Å². The van der Waals surface area contributed by atoms with Crippen LogP contribution in [0.5, 0.6) is 0 Å². The molecule has 0 unspecified atom stereocenters. The first kappa shape index (κ1) is 89.2. The molecule has 0 fully saturated rings. The molecule has 0 saturated carbocycles. The molecule has 0 saturated heterocycles. The van der Waals surface area contributed by atoms with Gasteiger partial charge in [-0.2, -0.15) is 0 Å². The summed E-state index contributed by atoms with van der Waals surface area (Å²) in [5.41, 5.74) is 0. The summed E-state index contributed by atoms with van der Waals surface area (Å²) in [7, 11) is 0. The van der Waals surface area contributed by atoms with E-state index in [-0.39, 0.29) is 63.1 Å². The summed E-state index contributed by atoms with van der Waals surface area (Å²) in [5, 5.41) is 0. The molecule has 0 bridgehead atoms. The van der Waals surface area contributed by atoms with E-state index >= 15 is 0 Å². The van der Waals surface area contributed by atoms with Gasteiger partial charge in [0.2, 0.25) is 0 Å².